The van der Waals surface area contributed by atoms with Crippen molar-refractivity contribution in [2.45, 2.75) is 18.9 Å². The Morgan fingerprint density at radius 2 is 1.40 bits per heavy atom. The molecule has 25 heavy (non-hydrogen) atoms. The van der Waals surface area contributed by atoms with Gasteiger partial charge in [0.05, 0.1) is 0 Å². The van der Waals surface area contributed by atoms with Crippen LogP contribution in [-0.2, 0) is 0 Å². The quantitative estimate of drug-likeness (QED) is 0.576. The van der Waals surface area contributed by atoms with E-state index in [0.717, 1.165) is 11.1 Å². The SMILES string of the molecule is C[C@H](NC(=O)c1cccc[n+]1[O-])C(c1ccccc1)c1ccccc1. The number of rotatable bonds is 5. The molecular formula is C21H20N2O2. The molecule has 4 nitrogen and oxygen atoms in total. The second kappa shape index (κ2) is 7.62. The Balaban J connectivity index is 1.89. The van der Waals surface area contributed by atoms with Crippen LogP contribution in [0.1, 0.15) is 34.5 Å². The summed E-state index contributed by atoms with van der Waals surface area (Å²) in [5, 5.41) is 14.8. The largest absolute Gasteiger partial charge is 0.618 e. The number of hydrogen-bond donors (Lipinski definition) is 1. The van der Waals surface area contributed by atoms with Crippen LogP contribution in [0.15, 0.2) is 85.1 Å². The first-order valence-corrected chi connectivity index (χ1v) is 8.26. The molecule has 0 aliphatic rings. The van der Waals surface area contributed by atoms with Gasteiger partial charge in [-0.15, -0.1) is 0 Å². The molecule has 0 spiro atoms. The standard InChI is InChI=1S/C21H20N2O2/c1-16(22-21(24)19-14-8-9-15-23(19)25)20(17-10-4-2-5-11-17)18-12-6-3-7-13-18/h2-16,20H,1H3,(H,22,24)/t16-/m0/s1. The van der Waals surface area contributed by atoms with Gasteiger partial charge in [0.2, 0.25) is 0 Å². The highest BCUT2D eigenvalue weighted by atomic mass is 16.5. The van der Waals surface area contributed by atoms with Gasteiger partial charge in [-0.3, -0.25) is 4.79 Å². The fourth-order valence-electron chi connectivity index (χ4n) is 3.06. The van der Waals surface area contributed by atoms with Gasteiger partial charge in [0.15, 0.2) is 6.20 Å². The van der Waals surface area contributed by atoms with Crippen molar-refractivity contribution in [3.63, 3.8) is 0 Å². The molecule has 0 aliphatic carbocycles. The monoisotopic (exact) mass is 332 g/mol. The third kappa shape index (κ3) is 3.86. The fourth-order valence-corrected chi connectivity index (χ4v) is 3.06. The number of carbonyl (C=O) groups excluding carboxylic acids is 1. The summed E-state index contributed by atoms with van der Waals surface area (Å²) in [6.45, 7) is 1.96. The maximum Gasteiger partial charge on any atom is 0.317 e. The highest BCUT2D eigenvalue weighted by Gasteiger charge is 2.25. The van der Waals surface area contributed by atoms with E-state index in [2.05, 4.69) is 29.6 Å². The number of pyridine rings is 1. The van der Waals surface area contributed by atoms with Crippen LogP contribution < -0.4 is 10.0 Å². The van der Waals surface area contributed by atoms with Crippen molar-refractivity contribution in [2.75, 3.05) is 0 Å². The second-order valence-electron chi connectivity index (χ2n) is 5.97. The van der Waals surface area contributed by atoms with Crippen LogP contribution in [0, 0.1) is 5.21 Å². The summed E-state index contributed by atoms with van der Waals surface area (Å²) in [6, 6.07) is 24.7. The Bertz CT molecular complexity index is 795. The Hall–Kier alpha value is -3.14. The van der Waals surface area contributed by atoms with Gasteiger partial charge in [0.25, 0.3) is 5.69 Å². The lowest BCUT2D eigenvalue weighted by Gasteiger charge is -2.25. The van der Waals surface area contributed by atoms with Crippen LogP contribution in [0.25, 0.3) is 0 Å². The van der Waals surface area contributed by atoms with E-state index in [0.29, 0.717) is 4.73 Å². The summed E-state index contributed by atoms with van der Waals surface area (Å²) < 4.78 is 0.585. The number of nitrogens with one attached hydrogen (secondary N) is 1. The number of benzene rings is 2. The number of hydrogen-bond acceptors (Lipinski definition) is 2. The van der Waals surface area contributed by atoms with Crippen molar-refractivity contribution in [1.29, 1.82) is 0 Å². The van der Waals surface area contributed by atoms with Crippen LogP contribution in [0.3, 0.4) is 0 Å². The predicted octanol–water partition coefficient (Wildman–Crippen LogP) is 3.27. The summed E-state index contributed by atoms with van der Waals surface area (Å²) in [4.78, 5) is 12.5. The molecule has 1 amide bonds. The number of aromatic nitrogens is 1. The Morgan fingerprint density at radius 1 is 0.880 bits per heavy atom. The van der Waals surface area contributed by atoms with E-state index in [-0.39, 0.29) is 23.6 Å². The lowest BCUT2D eigenvalue weighted by atomic mass is 9.86. The molecule has 0 fully saturated rings. The summed E-state index contributed by atoms with van der Waals surface area (Å²) in [6.07, 6.45) is 1.32. The van der Waals surface area contributed by atoms with Crippen LogP contribution in [-0.4, -0.2) is 11.9 Å². The lowest BCUT2D eigenvalue weighted by Crippen LogP contribution is -2.44. The van der Waals surface area contributed by atoms with Crippen molar-refractivity contribution >= 4 is 5.91 Å². The minimum Gasteiger partial charge on any atom is -0.618 e. The molecule has 2 aromatic carbocycles. The molecule has 3 rings (SSSR count). The predicted molar refractivity (Wildman–Crippen MR) is 97.1 cm³/mol. The fraction of sp³-hybridized carbons (Fsp3) is 0.143. The molecule has 0 aliphatic heterocycles. The van der Waals surface area contributed by atoms with Gasteiger partial charge >= 0.3 is 5.91 Å². The summed E-state index contributed by atoms with van der Waals surface area (Å²) >= 11 is 0. The maximum absolute atomic E-state index is 12.5. The minimum atomic E-state index is -0.375. The molecule has 1 atom stereocenters. The minimum absolute atomic E-state index is 0.00448. The average molecular weight is 332 g/mol. The molecule has 1 heterocycles. The van der Waals surface area contributed by atoms with Crippen molar-refractivity contribution in [3.05, 3.63) is 107 Å². The molecule has 0 radical (unpaired) electrons. The first kappa shape index (κ1) is 16.7. The summed E-state index contributed by atoms with van der Waals surface area (Å²) in [7, 11) is 0. The van der Waals surface area contributed by atoms with E-state index < -0.39 is 0 Å². The Morgan fingerprint density at radius 3 is 1.92 bits per heavy atom. The smallest absolute Gasteiger partial charge is 0.317 e. The maximum atomic E-state index is 12.5. The first-order chi connectivity index (χ1) is 12.2. The molecule has 1 aromatic heterocycles. The molecular weight excluding hydrogens is 312 g/mol. The van der Waals surface area contributed by atoms with Gasteiger partial charge in [-0.25, -0.2) is 0 Å². The van der Waals surface area contributed by atoms with Gasteiger partial charge < -0.3 is 10.5 Å². The molecule has 0 unspecified atom stereocenters. The lowest BCUT2D eigenvalue weighted by molar-refractivity contribution is -0.607. The third-order valence-corrected chi connectivity index (χ3v) is 4.23. The topological polar surface area (TPSA) is 56.0 Å². The molecule has 0 saturated carbocycles. The van der Waals surface area contributed by atoms with Crippen LogP contribution >= 0.6 is 0 Å². The third-order valence-electron chi connectivity index (χ3n) is 4.23. The van der Waals surface area contributed by atoms with Crippen LogP contribution in [0.4, 0.5) is 0 Å². The van der Waals surface area contributed by atoms with E-state index in [1.54, 1.807) is 12.1 Å². The van der Waals surface area contributed by atoms with Gasteiger partial charge in [0, 0.05) is 24.1 Å². The molecule has 0 saturated heterocycles. The zero-order chi connectivity index (χ0) is 17.6. The van der Waals surface area contributed by atoms with Crippen molar-refractivity contribution < 1.29 is 9.52 Å². The van der Waals surface area contributed by atoms with E-state index >= 15 is 0 Å². The molecule has 0 bridgehead atoms. The van der Waals surface area contributed by atoms with Gasteiger partial charge in [-0.1, -0.05) is 60.7 Å². The second-order valence-corrected chi connectivity index (χ2v) is 5.97. The van der Waals surface area contributed by atoms with E-state index in [1.165, 1.54) is 12.3 Å². The van der Waals surface area contributed by atoms with Crippen LogP contribution in [0.2, 0.25) is 0 Å². The van der Waals surface area contributed by atoms with Gasteiger partial charge in [0.1, 0.15) is 0 Å². The number of amides is 1. The number of carbonyl (C=O) groups is 1. The van der Waals surface area contributed by atoms with E-state index in [9.17, 15) is 10.0 Å². The van der Waals surface area contributed by atoms with Gasteiger partial charge in [-0.2, -0.15) is 4.73 Å². The zero-order valence-corrected chi connectivity index (χ0v) is 14.0. The number of nitrogens with zero attached hydrogens (tertiary/aromatic N) is 1. The Labute approximate surface area is 147 Å². The normalized spacial score (nSPS) is 11.9. The zero-order valence-electron chi connectivity index (χ0n) is 14.0. The molecule has 1 N–H and O–H groups in total. The van der Waals surface area contributed by atoms with Crippen molar-refractivity contribution in [2.24, 2.45) is 0 Å². The molecule has 126 valence electrons. The average Bonchev–Trinajstić information content (AvgIpc) is 2.64. The summed E-state index contributed by atoms with van der Waals surface area (Å²) in [5.41, 5.74) is 2.32. The van der Waals surface area contributed by atoms with E-state index in [4.69, 9.17) is 0 Å². The van der Waals surface area contributed by atoms with E-state index in [1.807, 2.05) is 43.3 Å². The highest BCUT2D eigenvalue weighted by molar-refractivity contribution is 5.91. The molecule has 4 heteroatoms. The molecule has 3 aromatic rings. The van der Waals surface area contributed by atoms with Crippen molar-refractivity contribution in [3.8, 4) is 0 Å². The van der Waals surface area contributed by atoms with Crippen molar-refractivity contribution in [1.82, 2.24) is 5.32 Å². The Kier molecular flexibility index (Phi) is 5.09. The summed E-state index contributed by atoms with van der Waals surface area (Å²) in [5.74, 6) is -0.380. The van der Waals surface area contributed by atoms with Crippen LogP contribution in [0.5, 0.6) is 0 Å². The first-order valence-electron chi connectivity index (χ1n) is 8.26. The highest BCUT2D eigenvalue weighted by Crippen LogP contribution is 2.28. The van der Waals surface area contributed by atoms with Gasteiger partial charge in [-0.05, 0) is 24.1 Å².